The third-order valence-electron chi connectivity index (χ3n) is 4.16. The molecule has 2 aliphatic rings. The van der Waals surface area contributed by atoms with E-state index in [1.165, 1.54) is 0 Å². The molecule has 21 heavy (non-hydrogen) atoms. The number of hydrogen-bond acceptors (Lipinski definition) is 4. The van der Waals surface area contributed by atoms with E-state index in [0.29, 0.717) is 19.5 Å². The van der Waals surface area contributed by atoms with Gasteiger partial charge in [0.25, 0.3) is 5.91 Å². The quantitative estimate of drug-likeness (QED) is 0.783. The second-order valence-corrected chi connectivity index (χ2v) is 6.56. The summed E-state index contributed by atoms with van der Waals surface area (Å²) in [5.74, 6) is -0.756. The van der Waals surface area contributed by atoms with Crippen LogP contribution in [0.25, 0.3) is 0 Å². The Bertz CT molecular complexity index is 433. The summed E-state index contributed by atoms with van der Waals surface area (Å²) >= 11 is 0. The zero-order valence-electron chi connectivity index (χ0n) is 12.8. The van der Waals surface area contributed by atoms with Gasteiger partial charge in [0.05, 0.1) is 0 Å². The molecule has 2 fully saturated rings. The highest BCUT2D eigenvalue weighted by atomic mass is 16.6. The fraction of sp³-hybridized carbons (Fsp3) is 0.800. The van der Waals surface area contributed by atoms with Gasteiger partial charge in [0.1, 0.15) is 6.54 Å². The summed E-state index contributed by atoms with van der Waals surface area (Å²) in [6.07, 6.45) is 3.66. The molecule has 0 spiro atoms. The summed E-state index contributed by atoms with van der Waals surface area (Å²) in [5.41, 5.74) is -0.410. The smallest absolute Gasteiger partial charge is 0.326 e. The number of amides is 2. The predicted octanol–water partition coefficient (Wildman–Crippen LogP) is 0.847. The van der Waals surface area contributed by atoms with E-state index < -0.39 is 17.5 Å². The molecule has 2 amide bonds. The molecular weight excluding hydrogens is 272 g/mol. The molecule has 2 heterocycles. The van der Waals surface area contributed by atoms with Gasteiger partial charge >= 0.3 is 5.97 Å². The maximum atomic E-state index is 12.0. The van der Waals surface area contributed by atoms with Crippen LogP contribution in [-0.4, -0.2) is 48.4 Å². The second kappa shape index (κ2) is 6.45. The third-order valence-corrected chi connectivity index (χ3v) is 4.16. The van der Waals surface area contributed by atoms with Gasteiger partial charge < -0.3 is 15.0 Å². The first-order chi connectivity index (χ1) is 9.90. The van der Waals surface area contributed by atoms with Crippen molar-refractivity contribution in [3.8, 4) is 0 Å². The number of nitrogens with one attached hydrogen (secondary N) is 1. The molecule has 1 N–H and O–H groups in total. The highest BCUT2D eigenvalue weighted by Crippen LogP contribution is 2.27. The lowest BCUT2D eigenvalue weighted by Gasteiger charge is -2.27. The van der Waals surface area contributed by atoms with Gasteiger partial charge in [0.2, 0.25) is 5.91 Å². The summed E-state index contributed by atoms with van der Waals surface area (Å²) in [4.78, 5) is 37.3. The first-order valence-electron chi connectivity index (χ1n) is 7.65. The largest absolute Gasteiger partial charge is 0.450 e. The number of ether oxygens (including phenoxy) is 1. The molecule has 1 unspecified atom stereocenters. The molecule has 0 aromatic heterocycles. The summed E-state index contributed by atoms with van der Waals surface area (Å²) < 4.78 is 5.32. The monoisotopic (exact) mass is 296 g/mol. The van der Waals surface area contributed by atoms with Crippen molar-refractivity contribution >= 4 is 17.8 Å². The number of carbonyl (C=O) groups is 3. The van der Waals surface area contributed by atoms with Crippen molar-refractivity contribution in [3.63, 3.8) is 0 Å². The van der Waals surface area contributed by atoms with Gasteiger partial charge in [-0.1, -0.05) is 26.7 Å². The van der Waals surface area contributed by atoms with E-state index in [1.807, 2.05) is 13.8 Å². The minimum absolute atomic E-state index is 0.00165. The van der Waals surface area contributed by atoms with Crippen LogP contribution in [0.4, 0.5) is 0 Å². The van der Waals surface area contributed by atoms with Crippen LogP contribution in [0.1, 0.15) is 46.0 Å². The van der Waals surface area contributed by atoms with Gasteiger partial charge in [0, 0.05) is 24.9 Å². The van der Waals surface area contributed by atoms with Crippen molar-refractivity contribution < 1.29 is 19.1 Å². The van der Waals surface area contributed by atoms with Crippen LogP contribution in [0.3, 0.4) is 0 Å². The first-order valence-corrected chi connectivity index (χ1v) is 7.65. The summed E-state index contributed by atoms with van der Waals surface area (Å²) in [6, 6.07) is 0. The Balaban J connectivity index is 1.91. The Morgan fingerprint density at radius 2 is 2.00 bits per heavy atom. The van der Waals surface area contributed by atoms with Gasteiger partial charge in [-0.05, 0) is 12.8 Å². The van der Waals surface area contributed by atoms with Gasteiger partial charge in [-0.25, -0.2) is 0 Å². The highest BCUT2D eigenvalue weighted by molar-refractivity contribution is 5.88. The number of nitrogens with zero attached hydrogens (tertiary/aromatic N) is 1. The summed E-state index contributed by atoms with van der Waals surface area (Å²) in [6.45, 7) is 4.79. The second-order valence-electron chi connectivity index (χ2n) is 6.56. The van der Waals surface area contributed by atoms with Crippen LogP contribution in [0.2, 0.25) is 0 Å². The zero-order valence-corrected chi connectivity index (χ0v) is 12.8. The highest BCUT2D eigenvalue weighted by Gasteiger charge is 2.44. The van der Waals surface area contributed by atoms with Crippen LogP contribution >= 0.6 is 0 Å². The molecule has 0 radical (unpaired) electrons. The minimum Gasteiger partial charge on any atom is -0.450 e. The molecule has 1 atom stereocenters. The van der Waals surface area contributed by atoms with Crippen LogP contribution in [0.15, 0.2) is 0 Å². The molecular formula is C15H24N2O4. The van der Waals surface area contributed by atoms with Gasteiger partial charge in [-0.2, -0.15) is 0 Å². The maximum Gasteiger partial charge on any atom is 0.326 e. The summed E-state index contributed by atoms with van der Waals surface area (Å²) in [7, 11) is 0. The number of likely N-dealkylation sites (tertiary alicyclic amines) is 1. The molecule has 2 aliphatic heterocycles. The van der Waals surface area contributed by atoms with E-state index in [-0.39, 0.29) is 18.4 Å². The lowest BCUT2D eigenvalue weighted by atomic mass is 9.90. The van der Waals surface area contributed by atoms with E-state index in [1.54, 1.807) is 4.90 Å². The summed E-state index contributed by atoms with van der Waals surface area (Å²) in [5, 5.41) is 2.70. The van der Waals surface area contributed by atoms with Crippen LogP contribution in [-0.2, 0) is 19.1 Å². The van der Waals surface area contributed by atoms with E-state index >= 15 is 0 Å². The SMILES string of the molecule is CC1(C)CNC(=O)C1OC(=O)CN1CCCCCCC1=O. The average Bonchev–Trinajstić information content (AvgIpc) is 2.65. The Morgan fingerprint density at radius 1 is 1.29 bits per heavy atom. The van der Waals surface area contributed by atoms with Crippen LogP contribution in [0, 0.1) is 5.41 Å². The van der Waals surface area contributed by atoms with Crippen molar-refractivity contribution in [1.29, 1.82) is 0 Å². The molecule has 0 bridgehead atoms. The number of rotatable bonds is 3. The van der Waals surface area contributed by atoms with Crippen molar-refractivity contribution in [1.82, 2.24) is 10.2 Å². The lowest BCUT2D eigenvalue weighted by Crippen LogP contribution is -2.42. The van der Waals surface area contributed by atoms with Crippen LogP contribution < -0.4 is 5.32 Å². The third kappa shape index (κ3) is 3.95. The van der Waals surface area contributed by atoms with Crippen molar-refractivity contribution in [3.05, 3.63) is 0 Å². The molecule has 0 saturated carbocycles. The fourth-order valence-corrected chi connectivity index (χ4v) is 2.78. The molecule has 0 aromatic rings. The lowest BCUT2D eigenvalue weighted by molar-refractivity contribution is -0.161. The van der Waals surface area contributed by atoms with Crippen molar-refractivity contribution in [2.24, 2.45) is 5.41 Å². The number of hydrogen-bond donors (Lipinski definition) is 1. The minimum atomic E-state index is -0.769. The molecule has 118 valence electrons. The molecule has 2 rings (SSSR count). The zero-order chi connectivity index (χ0) is 15.5. The molecule has 0 aromatic carbocycles. The predicted molar refractivity (Wildman–Crippen MR) is 76.3 cm³/mol. The molecule has 0 aliphatic carbocycles. The van der Waals surface area contributed by atoms with E-state index in [0.717, 1.165) is 25.7 Å². The number of esters is 1. The topological polar surface area (TPSA) is 75.7 Å². The first kappa shape index (κ1) is 15.8. The molecule has 6 nitrogen and oxygen atoms in total. The van der Waals surface area contributed by atoms with Crippen molar-refractivity contribution in [2.45, 2.75) is 52.1 Å². The Hall–Kier alpha value is -1.59. The number of carbonyl (C=O) groups excluding carboxylic acids is 3. The van der Waals surface area contributed by atoms with Crippen LogP contribution in [0.5, 0.6) is 0 Å². The molecule has 6 heteroatoms. The van der Waals surface area contributed by atoms with E-state index in [4.69, 9.17) is 4.74 Å². The Labute approximate surface area is 125 Å². The van der Waals surface area contributed by atoms with E-state index in [2.05, 4.69) is 5.32 Å². The standard InChI is InChI=1S/C15H24N2O4/c1-15(2)10-16-14(20)13(15)21-12(19)9-17-8-6-4-3-5-7-11(17)18/h13H,3-10H2,1-2H3,(H,16,20). The average molecular weight is 296 g/mol. The molecule has 2 saturated heterocycles. The van der Waals surface area contributed by atoms with Gasteiger partial charge in [-0.3, -0.25) is 14.4 Å². The van der Waals surface area contributed by atoms with Gasteiger partial charge in [-0.15, -0.1) is 0 Å². The van der Waals surface area contributed by atoms with Gasteiger partial charge in [0.15, 0.2) is 6.10 Å². The maximum absolute atomic E-state index is 12.0. The Kier molecular flexibility index (Phi) is 4.85. The van der Waals surface area contributed by atoms with Crippen molar-refractivity contribution in [2.75, 3.05) is 19.6 Å². The Morgan fingerprint density at radius 3 is 2.67 bits per heavy atom. The fourth-order valence-electron chi connectivity index (χ4n) is 2.78. The normalized spacial score (nSPS) is 26.0. The van der Waals surface area contributed by atoms with E-state index in [9.17, 15) is 14.4 Å².